The van der Waals surface area contributed by atoms with Crippen molar-refractivity contribution in [2.75, 3.05) is 25.1 Å². The number of aromatic amines is 1. The van der Waals surface area contributed by atoms with E-state index < -0.39 is 0 Å². The van der Waals surface area contributed by atoms with Gasteiger partial charge in [0.15, 0.2) is 5.78 Å². The van der Waals surface area contributed by atoms with Gasteiger partial charge < -0.3 is 14.6 Å². The van der Waals surface area contributed by atoms with Crippen molar-refractivity contribution >= 4 is 34.8 Å². The number of carbonyl (C=O) groups is 1. The zero-order valence-corrected chi connectivity index (χ0v) is 18.2. The van der Waals surface area contributed by atoms with Crippen molar-refractivity contribution in [3.63, 3.8) is 0 Å². The lowest BCUT2D eigenvalue weighted by Crippen LogP contribution is -2.21. The SMILES string of the molecule is CCCc1[nH]c2ccc(OC)cc2c1N1CCC(CC(=O)c2ccc(F)cc2)C1.Cl. The highest BCUT2D eigenvalue weighted by molar-refractivity contribution is 5.97. The molecule has 1 aromatic heterocycles. The van der Waals surface area contributed by atoms with Gasteiger partial charge in [0, 0.05) is 41.7 Å². The van der Waals surface area contributed by atoms with Gasteiger partial charge in [-0.05, 0) is 61.2 Å². The van der Waals surface area contributed by atoms with Gasteiger partial charge in [0.1, 0.15) is 11.6 Å². The number of anilines is 1. The van der Waals surface area contributed by atoms with E-state index in [-0.39, 0.29) is 24.0 Å². The molecule has 3 aromatic rings. The molecule has 0 saturated carbocycles. The molecule has 1 atom stereocenters. The molecule has 1 N–H and O–H groups in total. The van der Waals surface area contributed by atoms with Crippen molar-refractivity contribution in [2.24, 2.45) is 5.92 Å². The van der Waals surface area contributed by atoms with Crippen LogP contribution in [0, 0.1) is 11.7 Å². The summed E-state index contributed by atoms with van der Waals surface area (Å²) in [5.74, 6) is 0.929. The average Bonchev–Trinajstić information content (AvgIpc) is 3.31. The third-order valence-corrected chi connectivity index (χ3v) is 5.80. The summed E-state index contributed by atoms with van der Waals surface area (Å²) >= 11 is 0. The van der Waals surface area contributed by atoms with Crippen LogP contribution in [0.15, 0.2) is 42.5 Å². The molecular formula is C24H28ClFN2O2. The summed E-state index contributed by atoms with van der Waals surface area (Å²) in [6, 6.07) is 12.0. The molecular weight excluding hydrogens is 403 g/mol. The number of nitrogens with one attached hydrogen (secondary N) is 1. The first-order chi connectivity index (χ1) is 14.1. The molecule has 30 heavy (non-hydrogen) atoms. The van der Waals surface area contributed by atoms with E-state index in [4.69, 9.17) is 4.74 Å². The first-order valence-electron chi connectivity index (χ1n) is 10.3. The lowest BCUT2D eigenvalue weighted by molar-refractivity contribution is 0.0965. The third kappa shape index (κ3) is 4.46. The van der Waals surface area contributed by atoms with Gasteiger partial charge >= 0.3 is 0 Å². The van der Waals surface area contributed by atoms with E-state index in [0.717, 1.165) is 43.6 Å². The molecule has 1 aliphatic heterocycles. The van der Waals surface area contributed by atoms with Crippen LogP contribution in [0.3, 0.4) is 0 Å². The molecule has 2 heterocycles. The highest BCUT2D eigenvalue weighted by Gasteiger charge is 2.28. The number of hydrogen-bond acceptors (Lipinski definition) is 3. The topological polar surface area (TPSA) is 45.3 Å². The number of Topliss-reactive ketones (excluding diaryl/α,β-unsaturated/α-hetero) is 1. The van der Waals surface area contributed by atoms with Gasteiger partial charge in [-0.3, -0.25) is 4.79 Å². The van der Waals surface area contributed by atoms with E-state index in [1.807, 2.05) is 6.07 Å². The summed E-state index contributed by atoms with van der Waals surface area (Å²) in [6.07, 6.45) is 3.53. The Morgan fingerprint density at radius 1 is 1.23 bits per heavy atom. The highest BCUT2D eigenvalue weighted by Crippen LogP contribution is 2.37. The van der Waals surface area contributed by atoms with Crippen molar-refractivity contribution < 1.29 is 13.9 Å². The zero-order valence-electron chi connectivity index (χ0n) is 17.4. The molecule has 1 fully saturated rings. The number of benzene rings is 2. The molecule has 6 heteroatoms. The van der Waals surface area contributed by atoms with Crippen molar-refractivity contribution in [2.45, 2.75) is 32.6 Å². The smallest absolute Gasteiger partial charge is 0.163 e. The van der Waals surface area contributed by atoms with Crippen LogP contribution < -0.4 is 9.64 Å². The highest BCUT2D eigenvalue weighted by atomic mass is 35.5. The average molecular weight is 431 g/mol. The Morgan fingerprint density at radius 2 is 2.00 bits per heavy atom. The number of ketones is 1. The Morgan fingerprint density at radius 3 is 2.70 bits per heavy atom. The number of rotatable bonds is 7. The number of fused-ring (bicyclic) bond motifs is 1. The second kappa shape index (κ2) is 9.52. The van der Waals surface area contributed by atoms with E-state index in [1.54, 1.807) is 19.2 Å². The molecule has 160 valence electrons. The second-order valence-corrected chi connectivity index (χ2v) is 7.85. The first kappa shape index (κ1) is 22.2. The Hall–Kier alpha value is -2.53. The summed E-state index contributed by atoms with van der Waals surface area (Å²) < 4.78 is 18.6. The normalized spacial score (nSPS) is 16.0. The van der Waals surface area contributed by atoms with Gasteiger partial charge in [-0.1, -0.05) is 13.3 Å². The van der Waals surface area contributed by atoms with Crippen molar-refractivity contribution in [3.8, 4) is 5.75 Å². The Bertz CT molecular complexity index is 1020. The van der Waals surface area contributed by atoms with E-state index >= 15 is 0 Å². The Labute approximate surface area is 182 Å². The molecule has 4 nitrogen and oxygen atoms in total. The third-order valence-electron chi connectivity index (χ3n) is 5.80. The number of ether oxygens (including phenoxy) is 1. The first-order valence-corrected chi connectivity index (χ1v) is 10.3. The van der Waals surface area contributed by atoms with Crippen LogP contribution in [-0.4, -0.2) is 31.0 Å². The Kier molecular flexibility index (Phi) is 7.03. The lowest BCUT2D eigenvalue weighted by Gasteiger charge is -2.20. The predicted molar refractivity (Wildman–Crippen MR) is 122 cm³/mol. The number of aromatic nitrogens is 1. The second-order valence-electron chi connectivity index (χ2n) is 7.85. The van der Waals surface area contributed by atoms with E-state index in [1.165, 1.54) is 28.9 Å². The van der Waals surface area contributed by atoms with Crippen LogP contribution in [0.1, 0.15) is 42.2 Å². The fourth-order valence-corrected chi connectivity index (χ4v) is 4.35. The lowest BCUT2D eigenvalue weighted by atomic mass is 9.97. The molecule has 0 spiro atoms. The number of carbonyl (C=O) groups excluding carboxylic acids is 1. The fourth-order valence-electron chi connectivity index (χ4n) is 4.35. The van der Waals surface area contributed by atoms with E-state index in [2.05, 4.69) is 28.9 Å². The quantitative estimate of drug-likeness (QED) is 0.482. The minimum absolute atomic E-state index is 0. The van der Waals surface area contributed by atoms with Gasteiger partial charge in [0.2, 0.25) is 0 Å². The van der Waals surface area contributed by atoms with Crippen LogP contribution >= 0.6 is 12.4 Å². The molecule has 1 saturated heterocycles. The maximum absolute atomic E-state index is 13.1. The maximum Gasteiger partial charge on any atom is 0.163 e. The Balaban J connectivity index is 0.00000256. The molecule has 1 unspecified atom stereocenters. The van der Waals surface area contributed by atoms with Gasteiger partial charge in [0.05, 0.1) is 12.8 Å². The van der Waals surface area contributed by atoms with Gasteiger partial charge in [-0.25, -0.2) is 4.39 Å². The number of hydrogen-bond donors (Lipinski definition) is 1. The molecule has 1 aliphatic rings. The van der Waals surface area contributed by atoms with Crippen LogP contribution in [0.2, 0.25) is 0 Å². The molecule has 4 rings (SSSR count). The van der Waals surface area contributed by atoms with Gasteiger partial charge in [0.25, 0.3) is 0 Å². The molecule has 2 aromatic carbocycles. The summed E-state index contributed by atoms with van der Waals surface area (Å²) in [4.78, 5) is 18.6. The van der Waals surface area contributed by atoms with E-state index in [9.17, 15) is 9.18 Å². The number of aryl methyl sites for hydroxylation is 1. The van der Waals surface area contributed by atoms with Gasteiger partial charge in [-0.15, -0.1) is 12.4 Å². The number of halogens is 2. The minimum Gasteiger partial charge on any atom is -0.497 e. The fraction of sp³-hybridized carbons (Fsp3) is 0.375. The maximum atomic E-state index is 13.1. The monoisotopic (exact) mass is 430 g/mol. The van der Waals surface area contributed by atoms with Crippen molar-refractivity contribution in [3.05, 3.63) is 59.5 Å². The minimum atomic E-state index is -0.313. The number of methoxy groups -OCH3 is 1. The van der Waals surface area contributed by atoms with Crippen LogP contribution in [0.4, 0.5) is 10.1 Å². The van der Waals surface area contributed by atoms with Crippen LogP contribution in [-0.2, 0) is 6.42 Å². The zero-order chi connectivity index (χ0) is 20.4. The van der Waals surface area contributed by atoms with Crippen LogP contribution in [0.25, 0.3) is 10.9 Å². The van der Waals surface area contributed by atoms with Crippen LogP contribution in [0.5, 0.6) is 5.75 Å². The summed E-state index contributed by atoms with van der Waals surface area (Å²) in [5, 5.41) is 1.18. The number of nitrogens with zero attached hydrogens (tertiary/aromatic N) is 1. The standard InChI is InChI=1S/C24H27FN2O2.ClH/c1-3-4-22-24(20-14-19(29-2)9-10-21(20)26-22)27-12-11-16(15-27)13-23(28)17-5-7-18(25)8-6-17;/h5-10,14,16,26H,3-4,11-13,15H2,1-2H3;1H. The van der Waals surface area contributed by atoms with Gasteiger partial charge in [-0.2, -0.15) is 0 Å². The number of H-pyrrole nitrogens is 1. The molecule has 0 bridgehead atoms. The summed E-state index contributed by atoms with van der Waals surface area (Å²) in [6.45, 7) is 3.97. The molecule has 0 aliphatic carbocycles. The predicted octanol–water partition coefficient (Wildman–Crippen LogP) is 5.79. The summed E-state index contributed by atoms with van der Waals surface area (Å²) in [5.41, 5.74) is 4.21. The molecule has 0 radical (unpaired) electrons. The molecule has 0 amide bonds. The van der Waals surface area contributed by atoms with Crippen molar-refractivity contribution in [1.29, 1.82) is 0 Å². The van der Waals surface area contributed by atoms with Crippen molar-refractivity contribution in [1.82, 2.24) is 4.98 Å². The largest absolute Gasteiger partial charge is 0.497 e. The summed E-state index contributed by atoms with van der Waals surface area (Å²) in [7, 11) is 1.69. The van der Waals surface area contributed by atoms with E-state index in [0.29, 0.717) is 17.9 Å².